The van der Waals surface area contributed by atoms with Crippen LogP contribution in [0.1, 0.15) is 26.7 Å². The lowest BCUT2D eigenvalue weighted by Crippen LogP contribution is -2.56. The molecule has 0 aromatic heterocycles. The number of methoxy groups -OCH3 is 2. The maximum atomic E-state index is 9.13. The third-order valence-corrected chi connectivity index (χ3v) is 3.82. The van der Waals surface area contributed by atoms with Gasteiger partial charge in [0.2, 0.25) is 0 Å². The van der Waals surface area contributed by atoms with E-state index in [1.54, 1.807) is 26.0 Å². The highest BCUT2D eigenvalue weighted by molar-refractivity contribution is 8.01. The summed E-state index contributed by atoms with van der Waals surface area (Å²) in [6.45, 7) is 4.20. The fourth-order valence-corrected chi connectivity index (χ4v) is 3.39. The van der Waals surface area contributed by atoms with Crippen LogP contribution in [0.15, 0.2) is 0 Å². The van der Waals surface area contributed by atoms with Crippen LogP contribution in [0.2, 0.25) is 0 Å². The minimum absolute atomic E-state index is 0.305. The molecular formula is C10H17NO2S. The fourth-order valence-electron chi connectivity index (χ4n) is 1.83. The number of rotatable bonds is 4. The molecule has 3 nitrogen and oxygen atoms in total. The molecule has 0 amide bonds. The Balaban J connectivity index is 2.61. The van der Waals surface area contributed by atoms with Crippen molar-refractivity contribution in [2.75, 3.05) is 14.2 Å². The van der Waals surface area contributed by atoms with Crippen molar-refractivity contribution < 1.29 is 9.47 Å². The molecule has 0 heterocycles. The molecule has 0 unspecified atom stereocenters. The Kier molecular flexibility index (Phi) is 3.46. The molecule has 0 aliphatic heterocycles. The first-order chi connectivity index (χ1) is 6.51. The van der Waals surface area contributed by atoms with E-state index in [2.05, 4.69) is 19.9 Å². The quantitative estimate of drug-likeness (QED) is 0.674. The zero-order chi connectivity index (χ0) is 10.8. The largest absolute Gasteiger partial charge is 0.353 e. The van der Waals surface area contributed by atoms with E-state index >= 15 is 0 Å². The van der Waals surface area contributed by atoms with Crippen molar-refractivity contribution in [1.82, 2.24) is 0 Å². The van der Waals surface area contributed by atoms with Crippen molar-refractivity contribution in [1.29, 1.82) is 5.26 Å². The second-order valence-electron chi connectivity index (χ2n) is 3.95. The van der Waals surface area contributed by atoms with Crippen molar-refractivity contribution in [3.8, 4) is 6.07 Å². The third-order valence-electron chi connectivity index (χ3n) is 2.52. The van der Waals surface area contributed by atoms with E-state index in [1.165, 1.54) is 0 Å². The monoisotopic (exact) mass is 215 g/mol. The molecule has 0 N–H and O–H groups in total. The summed E-state index contributed by atoms with van der Waals surface area (Å²) in [6.07, 6.45) is 1.32. The second-order valence-corrected chi connectivity index (χ2v) is 5.91. The van der Waals surface area contributed by atoms with Gasteiger partial charge >= 0.3 is 0 Å². The Morgan fingerprint density at radius 2 is 1.79 bits per heavy atom. The molecule has 0 radical (unpaired) electrons. The van der Waals surface area contributed by atoms with Gasteiger partial charge in [-0.25, -0.2) is 0 Å². The molecule has 1 rings (SSSR count). The molecule has 0 atom stereocenters. The third kappa shape index (κ3) is 2.05. The van der Waals surface area contributed by atoms with Crippen LogP contribution in [0.5, 0.6) is 0 Å². The summed E-state index contributed by atoms with van der Waals surface area (Å²) in [7, 11) is 3.26. The number of nitriles is 1. The van der Waals surface area contributed by atoms with E-state index in [4.69, 9.17) is 14.7 Å². The maximum Gasteiger partial charge on any atom is 0.172 e. The molecule has 80 valence electrons. The van der Waals surface area contributed by atoms with E-state index in [1.807, 2.05) is 0 Å². The van der Waals surface area contributed by atoms with Crippen LogP contribution in [0.3, 0.4) is 0 Å². The average Bonchev–Trinajstić information content (AvgIpc) is 2.10. The summed E-state index contributed by atoms with van der Waals surface area (Å²) < 4.78 is 10.2. The van der Waals surface area contributed by atoms with Crippen LogP contribution in [0.4, 0.5) is 0 Å². The van der Waals surface area contributed by atoms with E-state index < -0.39 is 5.79 Å². The van der Waals surface area contributed by atoms with Gasteiger partial charge in [0.25, 0.3) is 0 Å². The summed E-state index contributed by atoms with van der Waals surface area (Å²) in [5.41, 5.74) is 0. The number of hydrogen-bond donors (Lipinski definition) is 0. The molecule has 1 aliphatic carbocycles. The van der Waals surface area contributed by atoms with Crippen LogP contribution in [-0.2, 0) is 9.47 Å². The average molecular weight is 215 g/mol. The molecular weight excluding hydrogens is 198 g/mol. The Labute approximate surface area is 89.8 Å². The first kappa shape index (κ1) is 11.8. The predicted molar refractivity (Wildman–Crippen MR) is 57.1 cm³/mol. The molecule has 0 spiro atoms. The standard InChI is InChI=1S/C10H17NO2S/c1-8(2)14-9(7-11)5-10(6-9,12-3)13-4/h8H,5-6H2,1-4H3. The zero-order valence-electron chi connectivity index (χ0n) is 9.16. The fraction of sp³-hybridized carbons (Fsp3) is 0.900. The van der Waals surface area contributed by atoms with Crippen molar-refractivity contribution in [2.45, 2.75) is 42.5 Å². The molecule has 14 heavy (non-hydrogen) atoms. The van der Waals surface area contributed by atoms with E-state index in [0.29, 0.717) is 18.1 Å². The number of hydrogen-bond acceptors (Lipinski definition) is 4. The van der Waals surface area contributed by atoms with Gasteiger partial charge in [0.1, 0.15) is 4.75 Å². The molecule has 0 bridgehead atoms. The highest BCUT2D eigenvalue weighted by Crippen LogP contribution is 2.53. The van der Waals surface area contributed by atoms with Gasteiger partial charge < -0.3 is 9.47 Å². The first-order valence-corrected chi connectivity index (χ1v) is 5.59. The van der Waals surface area contributed by atoms with E-state index in [9.17, 15) is 0 Å². The van der Waals surface area contributed by atoms with E-state index in [-0.39, 0.29) is 4.75 Å². The molecule has 1 aliphatic rings. The van der Waals surface area contributed by atoms with Gasteiger partial charge in [-0.1, -0.05) is 13.8 Å². The highest BCUT2D eigenvalue weighted by atomic mass is 32.2. The van der Waals surface area contributed by atoms with Crippen LogP contribution in [0, 0.1) is 11.3 Å². The predicted octanol–water partition coefficient (Wildman–Crippen LogP) is 2.17. The van der Waals surface area contributed by atoms with Crippen LogP contribution >= 0.6 is 11.8 Å². The molecule has 1 fully saturated rings. The topological polar surface area (TPSA) is 42.2 Å². The highest BCUT2D eigenvalue weighted by Gasteiger charge is 2.57. The summed E-state index contributed by atoms with van der Waals surface area (Å²) >= 11 is 1.70. The van der Waals surface area contributed by atoms with Gasteiger partial charge in [-0.05, 0) is 0 Å². The maximum absolute atomic E-state index is 9.13. The van der Waals surface area contributed by atoms with Crippen molar-refractivity contribution in [3.05, 3.63) is 0 Å². The zero-order valence-corrected chi connectivity index (χ0v) is 9.98. The van der Waals surface area contributed by atoms with Crippen molar-refractivity contribution >= 4 is 11.8 Å². The number of thioether (sulfide) groups is 1. The lowest BCUT2D eigenvalue weighted by Gasteiger charge is -2.50. The minimum atomic E-state index is -0.516. The molecule has 1 saturated carbocycles. The Morgan fingerprint density at radius 1 is 1.29 bits per heavy atom. The molecule has 0 aromatic carbocycles. The number of ether oxygens (including phenoxy) is 2. The van der Waals surface area contributed by atoms with Crippen molar-refractivity contribution in [2.24, 2.45) is 0 Å². The Hall–Kier alpha value is -0.240. The van der Waals surface area contributed by atoms with Gasteiger partial charge in [0, 0.05) is 32.3 Å². The molecule has 4 heteroatoms. The van der Waals surface area contributed by atoms with Gasteiger partial charge in [-0.15, -0.1) is 11.8 Å². The Morgan fingerprint density at radius 3 is 2.07 bits per heavy atom. The smallest absolute Gasteiger partial charge is 0.172 e. The normalized spacial score (nSPS) is 22.9. The summed E-state index contributed by atoms with van der Waals surface area (Å²) in [5.74, 6) is -0.516. The lowest BCUT2D eigenvalue weighted by molar-refractivity contribution is -0.255. The van der Waals surface area contributed by atoms with Gasteiger partial charge in [-0.3, -0.25) is 0 Å². The Bertz CT molecular complexity index is 235. The van der Waals surface area contributed by atoms with E-state index in [0.717, 1.165) is 0 Å². The first-order valence-electron chi connectivity index (χ1n) is 4.71. The van der Waals surface area contributed by atoms with Crippen molar-refractivity contribution in [3.63, 3.8) is 0 Å². The second kappa shape index (κ2) is 4.09. The molecule has 0 aromatic rings. The summed E-state index contributed by atoms with van der Waals surface area (Å²) in [5, 5.41) is 9.59. The van der Waals surface area contributed by atoms with Crippen LogP contribution in [-0.4, -0.2) is 30.0 Å². The minimum Gasteiger partial charge on any atom is -0.353 e. The van der Waals surface area contributed by atoms with Crippen LogP contribution < -0.4 is 0 Å². The number of nitrogens with zero attached hydrogens (tertiary/aromatic N) is 1. The van der Waals surface area contributed by atoms with Gasteiger partial charge in [0.05, 0.1) is 6.07 Å². The summed E-state index contributed by atoms with van der Waals surface area (Å²) in [4.78, 5) is 0. The SMILES string of the molecule is COC1(OC)CC(C#N)(SC(C)C)C1. The lowest BCUT2D eigenvalue weighted by atomic mass is 9.78. The van der Waals surface area contributed by atoms with Gasteiger partial charge in [0.15, 0.2) is 5.79 Å². The summed E-state index contributed by atoms with van der Waals surface area (Å²) in [6, 6.07) is 2.37. The van der Waals surface area contributed by atoms with Crippen LogP contribution in [0.25, 0.3) is 0 Å². The molecule has 0 saturated heterocycles. The van der Waals surface area contributed by atoms with Gasteiger partial charge in [-0.2, -0.15) is 5.26 Å².